The van der Waals surface area contributed by atoms with Crippen molar-refractivity contribution in [1.29, 1.82) is 0 Å². The minimum atomic E-state index is -0.337. The van der Waals surface area contributed by atoms with Crippen LogP contribution in [0.4, 0.5) is 0 Å². The van der Waals surface area contributed by atoms with Crippen LogP contribution in [-0.4, -0.2) is 59.1 Å². The van der Waals surface area contributed by atoms with Crippen molar-refractivity contribution >= 4 is 5.97 Å². The molecule has 3 aromatic rings. The lowest BCUT2D eigenvalue weighted by atomic mass is 10.0. The van der Waals surface area contributed by atoms with E-state index >= 15 is 0 Å². The number of esters is 1. The van der Waals surface area contributed by atoms with Gasteiger partial charge < -0.3 is 14.4 Å². The number of tetrazole rings is 1. The second kappa shape index (κ2) is 8.93. The maximum atomic E-state index is 11.9. The summed E-state index contributed by atoms with van der Waals surface area (Å²) in [5.41, 5.74) is 2.46. The molecular weight excluding hydrogens is 370 g/mol. The number of benzene rings is 2. The molecule has 0 aliphatic carbocycles. The van der Waals surface area contributed by atoms with Crippen LogP contribution in [0.2, 0.25) is 0 Å². The second-order valence-electron chi connectivity index (χ2n) is 6.83. The van der Waals surface area contributed by atoms with Gasteiger partial charge in [-0.3, -0.25) is 0 Å². The molecule has 150 valence electrons. The molecule has 29 heavy (non-hydrogen) atoms. The number of carbonyl (C=O) groups is 1. The average Bonchev–Trinajstić information content (AvgIpc) is 3.25. The van der Waals surface area contributed by atoms with Gasteiger partial charge in [-0.05, 0) is 41.6 Å². The molecule has 1 N–H and O–H groups in total. The Morgan fingerprint density at radius 1 is 1.14 bits per heavy atom. The summed E-state index contributed by atoms with van der Waals surface area (Å²) in [5, 5.41) is 12.6. The smallest absolute Gasteiger partial charge is 0.338 e. The third kappa shape index (κ3) is 4.18. The summed E-state index contributed by atoms with van der Waals surface area (Å²) in [5.74, 6) is 0.424. The fourth-order valence-electron chi connectivity index (χ4n) is 3.65. The number of hydrogen-bond donors (Lipinski definition) is 1. The number of ether oxygens (including phenoxy) is 2. The molecule has 0 radical (unpaired) electrons. The van der Waals surface area contributed by atoms with Crippen molar-refractivity contribution in [3.63, 3.8) is 0 Å². The molecule has 0 unspecified atom stereocenters. The van der Waals surface area contributed by atoms with E-state index in [1.54, 1.807) is 23.7 Å². The lowest BCUT2D eigenvalue weighted by Gasteiger charge is -2.30. The number of carbonyl (C=O) groups excluding carboxylic acids is 1. The van der Waals surface area contributed by atoms with Gasteiger partial charge >= 0.3 is 5.97 Å². The van der Waals surface area contributed by atoms with Crippen LogP contribution >= 0.6 is 0 Å². The van der Waals surface area contributed by atoms with Gasteiger partial charge in [0.1, 0.15) is 13.1 Å². The van der Waals surface area contributed by atoms with Crippen LogP contribution in [0.15, 0.2) is 54.6 Å². The van der Waals surface area contributed by atoms with Crippen molar-refractivity contribution in [2.24, 2.45) is 0 Å². The summed E-state index contributed by atoms with van der Waals surface area (Å²) >= 11 is 0. The molecule has 8 nitrogen and oxygen atoms in total. The molecule has 1 aliphatic heterocycles. The van der Waals surface area contributed by atoms with E-state index in [1.165, 1.54) is 4.90 Å². The van der Waals surface area contributed by atoms with Gasteiger partial charge in [0, 0.05) is 5.56 Å². The van der Waals surface area contributed by atoms with E-state index in [1.807, 2.05) is 30.3 Å². The third-order valence-electron chi connectivity index (χ3n) is 5.05. The van der Waals surface area contributed by atoms with Crippen LogP contribution in [0.3, 0.4) is 0 Å². The zero-order valence-electron chi connectivity index (χ0n) is 16.3. The summed E-state index contributed by atoms with van der Waals surface area (Å²) in [6.45, 7) is 5.33. The molecule has 1 aliphatic rings. The molecular formula is C21H24N5O3+. The maximum Gasteiger partial charge on any atom is 0.338 e. The minimum Gasteiger partial charge on any atom is -0.462 e. The minimum absolute atomic E-state index is 0.0140. The third-order valence-corrected chi connectivity index (χ3v) is 5.05. The molecule has 4 rings (SSSR count). The monoisotopic (exact) mass is 394 g/mol. The summed E-state index contributed by atoms with van der Waals surface area (Å²) in [4.78, 5) is 13.3. The van der Waals surface area contributed by atoms with E-state index < -0.39 is 0 Å². The van der Waals surface area contributed by atoms with Crippen molar-refractivity contribution in [3.05, 3.63) is 71.5 Å². The number of rotatable bonds is 6. The highest BCUT2D eigenvalue weighted by Crippen LogP contribution is 2.20. The van der Waals surface area contributed by atoms with E-state index in [4.69, 9.17) is 9.47 Å². The summed E-state index contributed by atoms with van der Waals surface area (Å²) < 4.78 is 12.4. The van der Waals surface area contributed by atoms with Gasteiger partial charge in [-0.25, -0.2) is 4.79 Å². The Morgan fingerprint density at radius 3 is 2.55 bits per heavy atom. The predicted octanol–water partition coefficient (Wildman–Crippen LogP) is 0.844. The predicted molar refractivity (Wildman–Crippen MR) is 105 cm³/mol. The first kappa shape index (κ1) is 19.2. The fraction of sp³-hybridized carbons (Fsp3) is 0.333. The highest BCUT2D eigenvalue weighted by molar-refractivity contribution is 5.89. The number of aromatic nitrogens is 4. The SMILES string of the molecule is CCOC(=O)c1ccc(-n2nnnc2[C@H](c2ccccc2)[NH+]2CCOCC2)cc1. The van der Waals surface area contributed by atoms with Crippen molar-refractivity contribution in [2.75, 3.05) is 32.9 Å². The molecule has 1 aromatic heterocycles. The Labute approximate surface area is 169 Å². The summed E-state index contributed by atoms with van der Waals surface area (Å²) in [7, 11) is 0. The van der Waals surface area contributed by atoms with Crippen LogP contribution in [0, 0.1) is 0 Å². The van der Waals surface area contributed by atoms with Crippen LogP contribution < -0.4 is 4.90 Å². The van der Waals surface area contributed by atoms with Crippen LogP contribution in [0.5, 0.6) is 0 Å². The van der Waals surface area contributed by atoms with Crippen molar-refractivity contribution < 1.29 is 19.2 Å². The largest absolute Gasteiger partial charge is 0.462 e. The van der Waals surface area contributed by atoms with E-state index in [0.717, 1.165) is 30.2 Å². The Kier molecular flexibility index (Phi) is 5.92. The van der Waals surface area contributed by atoms with Gasteiger partial charge in [0.25, 0.3) is 0 Å². The van der Waals surface area contributed by atoms with Gasteiger partial charge in [-0.1, -0.05) is 30.3 Å². The molecule has 0 saturated carbocycles. The van der Waals surface area contributed by atoms with Crippen molar-refractivity contribution in [2.45, 2.75) is 13.0 Å². The molecule has 1 fully saturated rings. The highest BCUT2D eigenvalue weighted by Gasteiger charge is 2.33. The molecule has 2 aromatic carbocycles. The first-order chi connectivity index (χ1) is 14.3. The van der Waals surface area contributed by atoms with E-state index in [2.05, 4.69) is 27.7 Å². The number of hydrogen-bond acceptors (Lipinski definition) is 6. The van der Waals surface area contributed by atoms with E-state index in [-0.39, 0.29) is 12.0 Å². The van der Waals surface area contributed by atoms with E-state index in [0.29, 0.717) is 25.4 Å². The number of quaternary nitrogens is 1. The standard InChI is InChI=1S/C21H23N5O3/c1-2-29-21(27)17-8-10-18(11-9-17)26-20(22-23-24-26)19(16-6-4-3-5-7-16)25-12-14-28-15-13-25/h3-11,19H,2,12-15H2,1H3/p+1/t19-/m0/s1. The lowest BCUT2D eigenvalue weighted by Crippen LogP contribution is -3.14. The van der Waals surface area contributed by atoms with Gasteiger partial charge in [0.05, 0.1) is 31.1 Å². The topological polar surface area (TPSA) is 83.6 Å². The van der Waals surface area contributed by atoms with Crippen molar-refractivity contribution in [3.8, 4) is 5.69 Å². The highest BCUT2D eigenvalue weighted by atomic mass is 16.5. The number of morpholine rings is 1. The zero-order valence-corrected chi connectivity index (χ0v) is 16.3. The zero-order chi connectivity index (χ0) is 20.1. The van der Waals surface area contributed by atoms with E-state index in [9.17, 15) is 4.79 Å². The van der Waals surface area contributed by atoms with Crippen molar-refractivity contribution in [1.82, 2.24) is 20.2 Å². The van der Waals surface area contributed by atoms with Gasteiger partial charge in [-0.15, -0.1) is 5.10 Å². The van der Waals surface area contributed by atoms with Gasteiger partial charge in [0.2, 0.25) is 5.82 Å². The molecule has 1 atom stereocenters. The Balaban J connectivity index is 1.69. The fourth-order valence-corrected chi connectivity index (χ4v) is 3.65. The van der Waals surface area contributed by atoms with Crippen LogP contribution in [0.1, 0.15) is 34.7 Å². The molecule has 0 amide bonds. The average molecular weight is 394 g/mol. The molecule has 2 heterocycles. The normalized spacial score (nSPS) is 15.8. The van der Waals surface area contributed by atoms with Crippen LogP contribution in [0.25, 0.3) is 5.69 Å². The maximum absolute atomic E-state index is 11.9. The lowest BCUT2D eigenvalue weighted by molar-refractivity contribution is -0.933. The van der Waals surface area contributed by atoms with Gasteiger partial charge in [-0.2, -0.15) is 4.68 Å². The Bertz CT molecular complexity index is 936. The molecule has 1 saturated heterocycles. The van der Waals surface area contributed by atoms with Crippen LogP contribution in [-0.2, 0) is 9.47 Å². The molecule has 0 spiro atoms. The second-order valence-corrected chi connectivity index (χ2v) is 6.83. The molecule has 0 bridgehead atoms. The summed E-state index contributed by atoms with van der Waals surface area (Å²) in [6.07, 6.45) is 0. The van der Waals surface area contributed by atoms with Gasteiger partial charge in [0.15, 0.2) is 6.04 Å². The molecule has 8 heteroatoms. The number of nitrogens with zero attached hydrogens (tertiary/aromatic N) is 4. The Morgan fingerprint density at radius 2 is 1.86 bits per heavy atom. The quantitative estimate of drug-likeness (QED) is 0.624. The number of nitrogens with one attached hydrogen (secondary N) is 1. The Hall–Kier alpha value is -3.10. The first-order valence-electron chi connectivity index (χ1n) is 9.81. The summed E-state index contributed by atoms with van der Waals surface area (Å²) in [6, 6.07) is 17.4. The first-order valence-corrected chi connectivity index (χ1v) is 9.81.